The minimum atomic E-state index is -0.493. The summed E-state index contributed by atoms with van der Waals surface area (Å²) in [6.45, 7) is 1.68. The molecule has 0 aliphatic heterocycles. The van der Waals surface area contributed by atoms with Gasteiger partial charge in [0.05, 0.1) is 16.7 Å². The summed E-state index contributed by atoms with van der Waals surface area (Å²) in [4.78, 5) is 13.1. The summed E-state index contributed by atoms with van der Waals surface area (Å²) < 4.78 is 0. The fourth-order valence-electron chi connectivity index (χ4n) is 0.376. The molecule has 10 heavy (non-hydrogen) atoms. The summed E-state index contributed by atoms with van der Waals surface area (Å²) in [5, 5.41) is 10.1. The van der Waals surface area contributed by atoms with E-state index in [0.29, 0.717) is 6.42 Å². The summed E-state index contributed by atoms with van der Waals surface area (Å²) >= 11 is 3.74. The van der Waals surface area contributed by atoms with Crippen LogP contribution >= 0.6 is 12.6 Å². The first-order valence-corrected chi connectivity index (χ1v) is 3.39. The van der Waals surface area contributed by atoms with Crippen LogP contribution in [0, 0.1) is 10.1 Å². The zero-order valence-electron chi connectivity index (χ0n) is 5.57. The Bertz CT molecular complexity index is 184. The number of rotatable bonds is 3. The van der Waals surface area contributed by atoms with E-state index in [-0.39, 0.29) is 11.6 Å². The van der Waals surface area contributed by atoms with E-state index in [4.69, 9.17) is 0 Å². The molecule has 0 fully saturated rings. The second-order valence-corrected chi connectivity index (χ2v) is 1.75. The number of hydrogen-bond donors (Lipinski definition) is 1. The van der Waals surface area contributed by atoms with Crippen molar-refractivity contribution in [3.8, 4) is 0 Å². The lowest BCUT2D eigenvalue weighted by atomic mass is 10.4. The third-order valence-corrected chi connectivity index (χ3v) is 0.976. The molecule has 56 valence electrons. The van der Waals surface area contributed by atoms with Crippen LogP contribution in [0.15, 0.2) is 10.7 Å². The van der Waals surface area contributed by atoms with Gasteiger partial charge in [0.15, 0.2) is 0 Å². The van der Waals surface area contributed by atoms with Crippen molar-refractivity contribution in [2.24, 2.45) is 4.99 Å². The van der Waals surface area contributed by atoms with Crippen LogP contribution in [0.25, 0.3) is 0 Å². The molecule has 0 spiro atoms. The van der Waals surface area contributed by atoms with Crippen molar-refractivity contribution in [2.75, 3.05) is 5.88 Å². The predicted octanol–water partition coefficient (Wildman–Crippen LogP) is 1.11. The summed E-state index contributed by atoms with van der Waals surface area (Å²) in [5.41, 5.74) is -0.00551. The molecule has 0 N–H and O–H groups in total. The van der Waals surface area contributed by atoms with Gasteiger partial charge in [-0.05, 0) is 0 Å². The Morgan fingerprint density at radius 2 is 2.50 bits per heavy atom. The minimum Gasteiger partial charge on any atom is -0.258 e. The average molecular weight is 160 g/mol. The highest BCUT2D eigenvalue weighted by Crippen LogP contribution is 1.94. The van der Waals surface area contributed by atoms with Crippen LogP contribution in [0.4, 0.5) is 0 Å². The molecule has 0 atom stereocenters. The van der Waals surface area contributed by atoms with Gasteiger partial charge in [-0.25, -0.2) is 4.99 Å². The molecule has 0 rings (SSSR count). The molecule has 0 aromatic carbocycles. The minimum absolute atomic E-state index is 0.00551. The third-order valence-electron chi connectivity index (χ3n) is 0.834. The van der Waals surface area contributed by atoms with Crippen molar-refractivity contribution >= 4 is 18.5 Å². The zero-order chi connectivity index (χ0) is 7.98. The molecule has 5 heteroatoms. The first kappa shape index (κ1) is 9.20. The summed E-state index contributed by atoms with van der Waals surface area (Å²) in [6, 6.07) is 0. The molecule has 0 aliphatic rings. The molecule has 4 nitrogen and oxygen atoms in total. The molecular weight excluding hydrogens is 152 g/mol. The molecule has 0 bridgehead atoms. The van der Waals surface area contributed by atoms with Crippen LogP contribution in [0.3, 0.4) is 0 Å². The first-order chi connectivity index (χ1) is 4.72. The molecule has 0 saturated heterocycles. The van der Waals surface area contributed by atoms with Crippen LogP contribution in [0.5, 0.6) is 0 Å². The molecule has 0 unspecified atom stereocenters. The Kier molecular flexibility index (Phi) is 4.62. The van der Waals surface area contributed by atoms with Gasteiger partial charge < -0.3 is 0 Å². The van der Waals surface area contributed by atoms with Crippen molar-refractivity contribution in [1.82, 2.24) is 0 Å². The second kappa shape index (κ2) is 5.02. The number of aliphatic imine (C=N–C) groups is 1. The maximum atomic E-state index is 10.1. The fourth-order valence-corrected chi connectivity index (χ4v) is 0.446. The van der Waals surface area contributed by atoms with Gasteiger partial charge >= 0.3 is 5.70 Å². The van der Waals surface area contributed by atoms with E-state index < -0.39 is 4.92 Å². The van der Waals surface area contributed by atoms with Gasteiger partial charge in [0, 0.05) is 6.42 Å². The number of nitrogens with zero attached hydrogens (tertiary/aromatic N) is 2. The molecule has 0 aliphatic carbocycles. The topological polar surface area (TPSA) is 55.5 Å². The van der Waals surface area contributed by atoms with Gasteiger partial charge in [0.2, 0.25) is 0 Å². The first-order valence-electron chi connectivity index (χ1n) is 2.76. The van der Waals surface area contributed by atoms with Crippen molar-refractivity contribution in [3.63, 3.8) is 0 Å². The highest BCUT2D eigenvalue weighted by molar-refractivity contribution is 7.80. The number of thiol groups is 1. The van der Waals surface area contributed by atoms with Crippen LogP contribution in [-0.2, 0) is 0 Å². The Morgan fingerprint density at radius 1 is 1.90 bits per heavy atom. The van der Waals surface area contributed by atoms with Crippen molar-refractivity contribution < 1.29 is 4.92 Å². The fraction of sp³-hybridized carbons (Fsp3) is 0.600. The summed E-state index contributed by atoms with van der Waals surface area (Å²) in [5.74, 6) is 2.52. The average Bonchev–Trinajstić information content (AvgIpc) is 1.89. The lowest BCUT2D eigenvalue weighted by Crippen LogP contribution is -1.97. The van der Waals surface area contributed by atoms with Gasteiger partial charge in [0.1, 0.15) is 0 Å². The number of hydrogen-bond acceptors (Lipinski definition) is 4. The van der Waals surface area contributed by atoms with Crippen molar-refractivity contribution in [3.05, 3.63) is 15.8 Å². The third kappa shape index (κ3) is 3.27. The van der Waals surface area contributed by atoms with E-state index in [1.165, 1.54) is 0 Å². The highest BCUT2D eigenvalue weighted by atomic mass is 32.1. The van der Waals surface area contributed by atoms with Gasteiger partial charge in [-0.1, -0.05) is 6.92 Å². The Balaban J connectivity index is 4.33. The maximum absolute atomic E-state index is 10.1. The van der Waals surface area contributed by atoms with Crippen molar-refractivity contribution in [1.29, 1.82) is 0 Å². The van der Waals surface area contributed by atoms with E-state index >= 15 is 0 Å². The summed E-state index contributed by atoms with van der Waals surface area (Å²) in [7, 11) is 0. The normalized spacial score (nSPS) is 8.20. The van der Waals surface area contributed by atoms with Crippen LogP contribution < -0.4 is 0 Å². The number of allylic oxidation sites excluding steroid dienone is 1. The van der Waals surface area contributed by atoms with Crippen LogP contribution in [0.2, 0.25) is 0 Å². The molecule has 0 amide bonds. The largest absolute Gasteiger partial charge is 0.306 e. The van der Waals surface area contributed by atoms with Crippen LogP contribution in [0.1, 0.15) is 13.3 Å². The zero-order valence-corrected chi connectivity index (χ0v) is 6.47. The van der Waals surface area contributed by atoms with E-state index in [2.05, 4.69) is 23.5 Å². The van der Waals surface area contributed by atoms with Crippen LogP contribution in [-0.4, -0.2) is 16.7 Å². The maximum Gasteiger partial charge on any atom is 0.306 e. The molecule has 0 aromatic rings. The smallest absolute Gasteiger partial charge is 0.258 e. The number of nitro groups is 1. The van der Waals surface area contributed by atoms with Gasteiger partial charge in [-0.3, -0.25) is 10.1 Å². The highest BCUT2D eigenvalue weighted by Gasteiger charge is 2.04. The quantitative estimate of drug-likeness (QED) is 0.291. The molecule has 0 radical (unpaired) electrons. The van der Waals surface area contributed by atoms with Gasteiger partial charge in [-0.15, -0.1) is 0 Å². The standard InChI is InChI=1S/C5H8N2O2S/c1-2-5(7(8)9)3-6-4-10/h10H,2,4H2,1H3. The SMILES string of the molecule is CCC(=C=NCS)[N+](=O)[O-]. The van der Waals surface area contributed by atoms with Gasteiger partial charge in [-0.2, -0.15) is 12.6 Å². The predicted molar refractivity (Wildman–Crippen MR) is 42.1 cm³/mol. The van der Waals surface area contributed by atoms with E-state index in [0.717, 1.165) is 0 Å². The molecular formula is C5H8N2O2S. The Hall–Kier alpha value is -0.800. The monoisotopic (exact) mass is 160 g/mol. The van der Waals surface area contributed by atoms with E-state index in [9.17, 15) is 10.1 Å². The van der Waals surface area contributed by atoms with E-state index in [1.54, 1.807) is 6.92 Å². The molecule has 0 saturated carbocycles. The van der Waals surface area contributed by atoms with E-state index in [1.807, 2.05) is 0 Å². The second-order valence-electron chi connectivity index (χ2n) is 1.47. The van der Waals surface area contributed by atoms with Gasteiger partial charge in [0.25, 0.3) is 0 Å². The van der Waals surface area contributed by atoms with Crippen molar-refractivity contribution in [2.45, 2.75) is 13.3 Å². The molecule has 0 heterocycles. The molecule has 0 aromatic heterocycles. The Labute approximate surface area is 64.2 Å². The summed E-state index contributed by atoms with van der Waals surface area (Å²) in [6.07, 6.45) is 0.338. The lowest BCUT2D eigenvalue weighted by molar-refractivity contribution is -0.424. The lowest BCUT2D eigenvalue weighted by Gasteiger charge is -1.85. The Morgan fingerprint density at radius 3 is 2.80 bits per heavy atom.